The number of fused-ring (bicyclic) bond motifs is 1. The van der Waals surface area contributed by atoms with E-state index in [9.17, 15) is 8.42 Å². The van der Waals surface area contributed by atoms with Crippen molar-refractivity contribution in [2.75, 3.05) is 24.6 Å². The van der Waals surface area contributed by atoms with Crippen LogP contribution in [0.1, 0.15) is 31.0 Å². The quantitative estimate of drug-likeness (QED) is 0.779. The fourth-order valence-corrected chi connectivity index (χ4v) is 4.74. The Labute approximate surface area is 159 Å². The Morgan fingerprint density at radius 1 is 1.30 bits per heavy atom. The van der Waals surface area contributed by atoms with E-state index in [1.165, 1.54) is 0 Å². The highest BCUT2D eigenvalue weighted by Gasteiger charge is 2.29. The molecule has 144 valence electrons. The van der Waals surface area contributed by atoms with Crippen LogP contribution in [-0.4, -0.2) is 49.2 Å². The molecule has 0 bridgehead atoms. The minimum absolute atomic E-state index is 0.00748. The molecular formula is C19H24N4O3S. The second-order valence-corrected chi connectivity index (χ2v) is 8.90. The monoisotopic (exact) mass is 388 g/mol. The van der Waals surface area contributed by atoms with Gasteiger partial charge in [0.2, 0.25) is 16.0 Å². The Kier molecular flexibility index (Phi) is 4.88. The maximum absolute atomic E-state index is 12.4. The van der Waals surface area contributed by atoms with Crippen molar-refractivity contribution in [3.8, 4) is 11.3 Å². The lowest BCUT2D eigenvalue weighted by atomic mass is 10.0. The van der Waals surface area contributed by atoms with Crippen molar-refractivity contribution in [3.05, 3.63) is 35.5 Å². The maximum Gasteiger partial charge on any atom is 0.240 e. The number of aryl methyl sites for hydroxylation is 1. The van der Waals surface area contributed by atoms with Crippen LogP contribution in [0.25, 0.3) is 11.3 Å². The van der Waals surface area contributed by atoms with Crippen LogP contribution >= 0.6 is 0 Å². The van der Waals surface area contributed by atoms with Crippen LogP contribution in [0.2, 0.25) is 0 Å². The Balaban J connectivity index is 1.76. The lowest BCUT2D eigenvalue weighted by molar-refractivity contribution is 0.301. The van der Waals surface area contributed by atoms with Crippen molar-refractivity contribution >= 4 is 16.0 Å². The molecule has 1 atom stereocenters. The Morgan fingerprint density at radius 3 is 2.85 bits per heavy atom. The molecule has 0 amide bonds. The first-order valence-corrected chi connectivity index (χ1v) is 10.9. The van der Waals surface area contributed by atoms with Crippen molar-refractivity contribution in [2.45, 2.75) is 43.5 Å². The van der Waals surface area contributed by atoms with E-state index in [0.717, 1.165) is 60.7 Å². The highest BCUT2D eigenvalue weighted by Crippen LogP contribution is 2.34. The maximum atomic E-state index is 12.4. The number of hydrogen-bond donors (Lipinski definition) is 2. The summed E-state index contributed by atoms with van der Waals surface area (Å²) < 4.78 is 27.2. The Bertz CT molecular complexity index is 961. The first-order valence-electron chi connectivity index (χ1n) is 9.37. The highest BCUT2D eigenvalue weighted by molar-refractivity contribution is 7.89. The predicted octanol–water partition coefficient (Wildman–Crippen LogP) is 1.50. The van der Waals surface area contributed by atoms with E-state index in [1.807, 2.05) is 6.07 Å². The minimum atomic E-state index is -3.66. The summed E-state index contributed by atoms with van der Waals surface area (Å²) in [6, 6.07) is 7.28. The number of sulfonamides is 1. The largest absolute Gasteiger partial charge is 0.395 e. The number of aliphatic hydroxyl groups excluding tert-OH is 1. The fraction of sp³-hybridized carbons (Fsp3) is 0.474. The van der Waals surface area contributed by atoms with Crippen molar-refractivity contribution in [1.29, 1.82) is 0 Å². The third-order valence-electron chi connectivity index (χ3n) is 5.32. The molecule has 0 unspecified atom stereocenters. The van der Waals surface area contributed by atoms with Gasteiger partial charge in [-0.05, 0) is 44.7 Å². The van der Waals surface area contributed by atoms with Gasteiger partial charge in [-0.15, -0.1) is 0 Å². The molecule has 2 aromatic rings. The second kappa shape index (κ2) is 7.18. The van der Waals surface area contributed by atoms with Gasteiger partial charge in [0, 0.05) is 36.0 Å². The molecule has 0 spiro atoms. The van der Waals surface area contributed by atoms with Crippen molar-refractivity contribution in [3.63, 3.8) is 0 Å². The normalized spacial score (nSPS) is 19.0. The molecule has 0 saturated carbocycles. The smallest absolute Gasteiger partial charge is 0.240 e. The third kappa shape index (κ3) is 3.44. The second-order valence-electron chi connectivity index (χ2n) is 7.13. The zero-order valence-electron chi connectivity index (χ0n) is 15.4. The molecule has 1 fully saturated rings. The Hall–Kier alpha value is -2.03. The standard InChI is InChI=1S/C19H24N4O3S/c1-13-8-10-23(13)19-21-17-7-3-6-16(17)18(22-19)14-4-2-5-15(12-14)27(25,26)20-9-11-24/h2,4-5,12-13,20,24H,3,6-11H2,1H3/t13-/m0/s1. The van der Waals surface area contributed by atoms with E-state index >= 15 is 0 Å². The van der Waals surface area contributed by atoms with Crippen molar-refractivity contribution in [2.24, 2.45) is 0 Å². The molecule has 1 aliphatic heterocycles. The Morgan fingerprint density at radius 2 is 2.15 bits per heavy atom. The van der Waals surface area contributed by atoms with Gasteiger partial charge in [0.1, 0.15) is 0 Å². The van der Waals surface area contributed by atoms with Crippen LogP contribution in [0, 0.1) is 0 Å². The van der Waals surface area contributed by atoms with Crippen LogP contribution < -0.4 is 9.62 Å². The first kappa shape index (κ1) is 18.3. The average Bonchev–Trinajstić information content (AvgIpc) is 3.13. The van der Waals surface area contributed by atoms with Gasteiger partial charge < -0.3 is 10.0 Å². The van der Waals surface area contributed by atoms with E-state index in [0.29, 0.717) is 6.04 Å². The molecular weight excluding hydrogens is 364 g/mol. The number of anilines is 1. The van der Waals surface area contributed by atoms with Crippen LogP contribution in [0.3, 0.4) is 0 Å². The number of nitrogens with one attached hydrogen (secondary N) is 1. The number of nitrogens with zero attached hydrogens (tertiary/aromatic N) is 3. The number of aliphatic hydroxyl groups is 1. The molecule has 1 aromatic carbocycles. The average molecular weight is 388 g/mol. The molecule has 27 heavy (non-hydrogen) atoms. The molecule has 7 nitrogen and oxygen atoms in total. The van der Waals surface area contributed by atoms with E-state index in [4.69, 9.17) is 15.1 Å². The molecule has 1 saturated heterocycles. The van der Waals surface area contributed by atoms with Gasteiger partial charge >= 0.3 is 0 Å². The fourth-order valence-electron chi connectivity index (χ4n) is 3.67. The van der Waals surface area contributed by atoms with Crippen LogP contribution in [0.5, 0.6) is 0 Å². The van der Waals surface area contributed by atoms with Gasteiger partial charge in [-0.1, -0.05) is 12.1 Å². The topological polar surface area (TPSA) is 95.4 Å². The van der Waals surface area contributed by atoms with Crippen LogP contribution in [0.4, 0.5) is 5.95 Å². The highest BCUT2D eigenvalue weighted by atomic mass is 32.2. The van der Waals surface area contributed by atoms with Gasteiger partial charge in [-0.3, -0.25) is 0 Å². The molecule has 2 heterocycles. The lowest BCUT2D eigenvalue weighted by Gasteiger charge is -2.39. The zero-order valence-corrected chi connectivity index (χ0v) is 16.2. The van der Waals surface area contributed by atoms with Gasteiger partial charge in [0.15, 0.2) is 0 Å². The van der Waals surface area contributed by atoms with Crippen LogP contribution in [0.15, 0.2) is 29.2 Å². The summed E-state index contributed by atoms with van der Waals surface area (Å²) in [5.41, 5.74) is 3.84. The van der Waals surface area contributed by atoms with Crippen molar-refractivity contribution in [1.82, 2.24) is 14.7 Å². The van der Waals surface area contributed by atoms with Gasteiger partial charge in [-0.25, -0.2) is 23.1 Å². The van der Waals surface area contributed by atoms with E-state index in [2.05, 4.69) is 16.5 Å². The molecule has 1 aromatic heterocycles. The number of rotatable bonds is 6. The van der Waals surface area contributed by atoms with Crippen LogP contribution in [-0.2, 0) is 22.9 Å². The summed E-state index contributed by atoms with van der Waals surface area (Å²) >= 11 is 0. The summed E-state index contributed by atoms with van der Waals surface area (Å²) in [6.07, 6.45) is 4.04. The predicted molar refractivity (Wildman–Crippen MR) is 103 cm³/mol. The summed E-state index contributed by atoms with van der Waals surface area (Å²) in [5, 5.41) is 8.90. The molecule has 0 radical (unpaired) electrons. The van der Waals surface area contributed by atoms with E-state index in [1.54, 1.807) is 18.2 Å². The van der Waals surface area contributed by atoms with Gasteiger partial charge in [0.05, 0.1) is 17.2 Å². The summed E-state index contributed by atoms with van der Waals surface area (Å²) in [4.78, 5) is 12.0. The van der Waals surface area contributed by atoms with Gasteiger partial charge in [-0.2, -0.15) is 0 Å². The zero-order chi connectivity index (χ0) is 19.0. The SMILES string of the molecule is C[C@H]1CCN1c1nc2c(c(-c3cccc(S(=O)(=O)NCCO)c3)n1)CCC2. The van der Waals surface area contributed by atoms with Crippen molar-refractivity contribution < 1.29 is 13.5 Å². The molecule has 4 rings (SSSR count). The van der Waals surface area contributed by atoms with E-state index in [-0.39, 0.29) is 18.0 Å². The van der Waals surface area contributed by atoms with Gasteiger partial charge in [0.25, 0.3) is 0 Å². The van der Waals surface area contributed by atoms with E-state index < -0.39 is 10.0 Å². The third-order valence-corrected chi connectivity index (χ3v) is 6.78. The first-order chi connectivity index (χ1) is 13.0. The summed E-state index contributed by atoms with van der Waals surface area (Å²) in [5.74, 6) is 0.746. The summed E-state index contributed by atoms with van der Waals surface area (Å²) in [7, 11) is -3.66. The minimum Gasteiger partial charge on any atom is -0.395 e. The summed E-state index contributed by atoms with van der Waals surface area (Å²) in [6.45, 7) is 2.88. The molecule has 1 aliphatic carbocycles. The number of aromatic nitrogens is 2. The molecule has 2 N–H and O–H groups in total. The molecule has 2 aliphatic rings. The number of hydrogen-bond acceptors (Lipinski definition) is 6. The lowest BCUT2D eigenvalue weighted by Crippen LogP contribution is -2.46. The number of benzene rings is 1. The molecule has 8 heteroatoms.